The molecule has 2 aromatic rings. The number of carbonyl (C=O) groups excluding carboxylic acids is 1. The van der Waals surface area contributed by atoms with Gasteiger partial charge in [-0.1, -0.05) is 42.0 Å². The van der Waals surface area contributed by atoms with Crippen LogP contribution in [0.5, 0.6) is 0 Å². The van der Waals surface area contributed by atoms with Crippen LogP contribution >= 0.6 is 0 Å². The molecule has 3 rings (SSSR count). The van der Waals surface area contributed by atoms with E-state index in [1.54, 1.807) is 24.3 Å². The van der Waals surface area contributed by atoms with Gasteiger partial charge in [-0.05, 0) is 24.6 Å². The summed E-state index contributed by atoms with van der Waals surface area (Å²) in [5.74, 6) is -0.284. The summed E-state index contributed by atoms with van der Waals surface area (Å²) in [6.07, 6.45) is 0.294. The van der Waals surface area contributed by atoms with E-state index in [9.17, 15) is 13.2 Å². The summed E-state index contributed by atoms with van der Waals surface area (Å²) in [5, 5.41) is 2.70. The molecule has 1 amide bonds. The van der Waals surface area contributed by atoms with Crippen LogP contribution in [0.25, 0.3) is 5.70 Å². The van der Waals surface area contributed by atoms with Gasteiger partial charge in [0.1, 0.15) is 0 Å². The second-order valence-corrected chi connectivity index (χ2v) is 7.60. The van der Waals surface area contributed by atoms with Gasteiger partial charge in [0.05, 0.1) is 15.5 Å². The van der Waals surface area contributed by atoms with Crippen molar-refractivity contribution in [2.24, 2.45) is 0 Å². The lowest BCUT2D eigenvalue weighted by Crippen LogP contribution is -2.20. The van der Waals surface area contributed by atoms with Crippen molar-refractivity contribution in [2.45, 2.75) is 25.2 Å². The van der Waals surface area contributed by atoms with Gasteiger partial charge in [-0.2, -0.15) is 0 Å². The van der Waals surface area contributed by atoms with Crippen LogP contribution in [0, 0.1) is 6.92 Å². The van der Waals surface area contributed by atoms with Crippen molar-refractivity contribution in [1.82, 2.24) is 5.32 Å². The molecule has 1 N–H and O–H groups in total. The highest BCUT2D eigenvalue weighted by atomic mass is 32.2. The minimum atomic E-state index is -3.65. The summed E-state index contributed by atoms with van der Waals surface area (Å²) in [6.45, 7) is 3.29. The smallest absolute Gasteiger partial charge is 0.221 e. The highest BCUT2D eigenvalue weighted by Crippen LogP contribution is 2.36. The van der Waals surface area contributed by atoms with E-state index in [4.69, 9.17) is 0 Å². The lowest BCUT2D eigenvalue weighted by molar-refractivity contribution is -0.117. The predicted molar refractivity (Wildman–Crippen MR) is 89.2 cm³/mol. The molecule has 0 spiro atoms. The van der Waals surface area contributed by atoms with E-state index >= 15 is 0 Å². The van der Waals surface area contributed by atoms with Crippen LogP contribution in [0.4, 0.5) is 0 Å². The molecule has 0 heterocycles. The highest BCUT2D eigenvalue weighted by Gasteiger charge is 2.31. The van der Waals surface area contributed by atoms with Crippen LogP contribution in [0.3, 0.4) is 0 Å². The third-order valence-corrected chi connectivity index (χ3v) is 5.76. The molecule has 23 heavy (non-hydrogen) atoms. The number of benzene rings is 2. The van der Waals surface area contributed by atoms with Crippen LogP contribution in [-0.4, -0.2) is 14.3 Å². The standard InChI is InChI=1S/C18H17NO3S/c1-12-7-9-15(10-8-12)23(21,22)17-11-14-5-3-4-6-16(14)18(17)19-13(2)20/h3-10H,11H2,1-2H3,(H,19,20). The number of hydrogen-bond acceptors (Lipinski definition) is 3. The van der Waals surface area contributed by atoms with Gasteiger partial charge in [-0.3, -0.25) is 4.79 Å². The molecule has 0 unspecified atom stereocenters. The summed E-state index contributed by atoms with van der Waals surface area (Å²) in [4.78, 5) is 12.0. The molecule has 0 aromatic heterocycles. The van der Waals surface area contributed by atoms with Gasteiger partial charge in [-0.25, -0.2) is 8.42 Å². The molecule has 1 aliphatic carbocycles. The lowest BCUT2D eigenvalue weighted by Gasteiger charge is -2.10. The number of sulfone groups is 1. The molecule has 0 saturated heterocycles. The van der Waals surface area contributed by atoms with E-state index in [0.29, 0.717) is 12.1 Å². The van der Waals surface area contributed by atoms with E-state index in [2.05, 4.69) is 5.32 Å². The molecule has 4 nitrogen and oxygen atoms in total. The highest BCUT2D eigenvalue weighted by molar-refractivity contribution is 7.95. The Hall–Kier alpha value is -2.40. The Morgan fingerprint density at radius 1 is 1.04 bits per heavy atom. The quantitative estimate of drug-likeness (QED) is 0.943. The molecule has 2 aromatic carbocycles. The Labute approximate surface area is 135 Å². The minimum Gasteiger partial charge on any atom is -0.325 e. The van der Waals surface area contributed by atoms with Crippen molar-refractivity contribution in [3.8, 4) is 0 Å². The zero-order chi connectivity index (χ0) is 16.6. The topological polar surface area (TPSA) is 63.2 Å². The number of aryl methyl sites for hydroxylation is 1. The minimum absolute atomic E-state index is 0.244. The Balaban J connectivity index is 2.16. The molecule has 0 radical (unpaired) electrons. The summed E-state index contributed by atoms with van der Waals surface area (Å²) >= 11 is 0. The largest absolute Gasteiger partial charge is 0.325 e. The van der Waals surface area contributed by atoms with Crippen LogP contribution in [-0.2, 0) is 21.1 Å². The van der Waals surface area contributed by atoms with Crippen molar-refractivity contribution in [3.05, 3.63) is 70.1 Å². The van der Waals surface area contributed by atoms with Gasteiger partial charge in [0.2, 0.25) is 15.7 Å². The molecule has 0 aliphatic heterocycles. The number of hydrogen-bond donors (Lipinski definition) is 1. The molecular formula is C18H17NO3S. The third kappa shape index (κ3) is 2.80. The first-order valence-electron chi connectivity index (χ1n) is 7.30. The maximum absolute atomic E-state index is 13.0. The fourth-order valence-corrected chi connectivity index (χ4v) is 4.29. The van der Waals surface area contributed by atoms with Crippen molar-refractivity contribution >= 4 is 21.4 Å². The molecule has 5 heteroatoms. The van der Waals surface area contributed by atoms with Crippen LogP contribution in [0.15, 0.2) is 58.3 Å². The van der Waals surface area contributed by atoms with E-state index in [1.165, 1.54) is 6.92 Å². The zero-order valence-electron chi connectivity index (χ0n) is 13.0. The van der Waals surface area contributed by atoms with Gasteiger partial charge in [0, 0.05) is 18.9 Å². The lowest BCUT2D eigenvalue weighted by atomic mass is 10.1. The Morgan fingerprint density at radius 2 is 1.70 bits per heavy atom. The number of fused-ring (bicyclic) bond motifs is 1. The first-order valence-corrected chi connectivity index (χ1v) is 8.78. The summed E-state index contributed by atoms with van der Waals surface area (Å²) in [5.41, 5.74) is 3.07. The Bertz CT molecular complexity index is 910. The van der Waals surface area contributed by atoms with E-state index in [1.807, 2.05) is 31.2 Å². The monoisotopic (exact) mass is 327 g/mol. The van der Waals surface area contributed by atoms with E-state index in [-0.39, 0.29) is 15.7 Å². The summed E-state index contributed by atoms with van der Waals surface area (Å²) in [6, 6.07) is 14.2. The molecule has 0 bridgehead atoms. The maximum Gasteiger partial charge on any atom is 0.221 e. The molecule has 0 fully saturated rings. The molecular weight excluding hydrogens is 310 g/mol. The van der Waals surface area contributed by atoms with Crippen molar-refractivity contribution < 1.29 is 13.2 Å². The first kappa shape index (κ1) is 15.5. The molecule has 0 saturated carbocycles. The zero-order valence-corrected chi connectivity index (χ0v) is 13.8. The van der Waals surface area contributed by atoms with E-state index in [0.717, 1.165) is 16.7 Å². The van der Waals surface area contributed by atoms with Gasteiger partial charge >= 0.3 is 0 Å². The summed E-state index contributed by atoms with van der Waals surface area (Å²) < 4.78 is 26.0. The number of rotatable bonds is 3. The second kappa shape index (κ2) is 5.66. The number of carbonyl (C=O) groups is 1. The Morgan fingerprint density at radius 3 is 2.35 bits per heavy atom. The maximum atomic E-state index is 13.0. The van der Waals surface area contributed by atoms with Crippen LogP contribution in [0.2, 0.25) is 0 Å². The van der Waals surface area contributed by atoms with Gasteiger partial charge in [0.25, 0.3) is 0 Å². The average Bonchev–Trinajstić information content (AvgIpc) is 2.87. The normalized spacial score (nSPS) is 13.8. The first-order chi connectivity index (χ1) is 10.9. The second-order valence-electron chi connectivity index (χ2n) is 5.63. The number of allylic oxidation sites excluding steroid dienone is 1. The van der Waals surface area contributed by atoms with Gasteiger partial charge in [0.15, 0.2) is 0 Å². The van der Waals surface area contributed by atoms with Crippen LogP contribution < -0.4 is 5.32 Å². The third-order valence-electron chi connectivity index (χ3n) is 3.87. The average molecular weight is 327 g/mol. The molecule has 1 aliphatic rings. The van der Waals surface area contributed by atoms with Gasteiger partial charge in [-0.15, -0.1) is 0 Å². The van der Waals surface area contributed by atoms with Crippen LogP contribution in [0.1, 0.15) is 23.6 Å². The fourth-order valence-electron chi connectivity index (χ4n) is 2.73. The van der Waals surface area contributed by atoms with Crippen molar-refractivity contribution in [2.75, 3.05) is 0 Å². The SMILES string of the molecule is CC(=O)NC1=C(S(=O)(=O)c2ccc(C)cc2)Cc2ccccc21. The number of nitrogens with one attached hydrogen (secondary N) is 1. The Kier molecular flexibility index (Phi) is 3.82. The van der Waals surface area contributed by atoms with E-state index < -0.39 is 9.84 Å². The number of amides is 1. The van der Waals surface area contributed by atoms with Crippen molar-refractivity contribution in [3.63, 3.8) is 0 Å². The molecule has 118 valence electrons. The predicted octanol–water partition coefficient (Wildman–Crippen LogP) is 2.83. The van der Waals surface area contributed by atoms with Gasteiger partial charge < -0.3 is 5.32 Å². The fraction of sp³-hybridized carbons (Fsp3) is 0.167. The van der Waals surface area contributed by atoms with Crippen molar-refractivity contribution in [1.29, 1.82) is 0 Å². The summed E-state index contributed by atoms with van der Waals surface area (Å²) in [7, 11) is -3.65. The molecule has 0 atom stereocenters.